The molecule has 1 atom stereocenters. The summed E-state index contributed by atoms with van der Waals surface area (Å²) in [5, 5.41) is 0. The van der Waals surface area contributed by atoms with Gasteiger partial charge < -0.3 is 4.89 Å². The summed E-state index contributed by atoms with van der Waals surface area (Å²) >= 11 is 0. The van der Waals surface area contributed by atoms with Crippen LogP contribution in [0.1, 0.15) is 31.8 Å². The second kappa shape index (κ2) is 7.45. The maximum atomic E-state index is 12.8. The van der Waals surface area contributed by atoms with E-state index in [9.17, 15) is 19.0 Å². The van der Waals surface area contributed by atoms with Gasteiger partial charge in [0, 0.05) is 34.3 Å². The highest BCUT2D eigenvalue weighted by atomic mass is 33.1. The number of hydrogen-bond acceptors (Lipinski definition) is 7. The number of rotatable bonds is 6. The summed E-state index contributed by atoms with van der Waals surface area (Å²) in [5.74, 6) is -0.512. The van der Waals surface area contributed by atoms with E-state index < -0.39 is 7.82 Å². The van der Waals surface area contributed by atoms with E-state index in [0.717, 1.165) is 17.9 Å². The average molecular weight is 396 g/mol. The lowest BCUT2D eigenvalue weighted by molar-refractivity contribution is 0.0977. The highest BCUT2D eigenvalue weighted by molar-refractivity contribution is 8.76. The maximum Gasteiger partial charge on any atom is 0.472 e. The van der Waals surface area contributed by atoms with Crippen molar-refractivity contribution in [2.24, 2.45) is 0 Å². The molecule has 0 saturated heterocycles. The van der Waals surface area contributed by atoms with Crippen LogP contribution in [0.3, 0.4) is 0 Å². The van der Waals surface area contributed by atoms with Gasteiger partial charge in [-0.25, -0.2) is 4.57 Å². The zero-order valence-corrected chi connectivity index (χ0v) is 15.5. The predicted octanol–water partition coefficient (Wildman–Crippen LogP) is 3.92. The van der Waals surface area contributed by atoms with Crippen molar-refractivity contribution in [3.8, 4) is 0 Å². The van der Waals surface area contributed by atoms with Crippen LogP contribution in [0.25, 0.3) is 0 Å². The number of fused-ring (bicyclic) bond motifs is 2. The van der Waals surface area contributed by atoms with Gasteiger partial charge in [0.1, 0.15) is 5.94 Å². The highest BCUT2D eigenvalue weighted by Crippen LogP contribution is 2.45. The fraction of sp³-hybridized carbons (Fsp3) is 0.125. The van der Waals surface area contributed by atoms with Crippen LogP contribution in [0.4, 0.5) is 0 Å². The van der Waals surface area contributed by atoms with Crippen LogP contribution in [0.5, 0.6) is 0 Å². The van der Waals surface area contributed by atoms with Gasteiger partial charge in [-0.3, -0.25) is 18.6 Å². The van der Waals surface area contributed by atoms with E-state index >= 15 is 0 Å². The van der Waals surface area contributed by atoms with E-state index in [-0.39, 0.29) is 17.5 Å². The average Bonchev–Trinajstić information content (AvgIpc) is 2.63. The standard InChI is InChI=1S/C16H13O6PS2/c1-21-23(19,20)22-9-24-25-13-8-4-7-12-14(13)16(18)11-6-3-2-5-10(11)15(12)17/h2-8H,9H2,1H3,(H,19,20). The van der Waals surface area contributed by atoms with E-state index in [1.165, 1.54) is 10.8 Å². The van der Waals surface area contributed by atoms with Crippen LogP contribution in [0.2, 0.25) is 0 Å². The summed E-state index contributed by atoms with van der Waals surface area (Å²) in [6.07, 6.45) is 0. The SMILES string of the molecule is COP(=O)(O)OCSSc1cccc2c1C(=O)c1ccccc1C2=O. The van der Waals surface area contributed by atoms with E-state index in [2.05, 4.69) is 4.52 Å². The molecule has 0 radical (unpaired) electrons. The number of phosphoric ester groups is 1. The lowest BCUT2D eigenvalue weighted by Crippen LogP contribution is -2.21. The number of hydrogen-bond donors (Lipinski definition) is 1. The van der Waals surface area contributed by atoms with Crippen LogP contribution in [-0.4, -0.2) is 29.5 Å². The molecule has 1 aliphatic carbocycles. The lowest BCUT2D eigenvalue weighted by atomic mass is 9.84. The van der Waals surface area contributed by atoms with Crippen LogP contribution in [0, 0.1) is 0 Å². The molecule has 1 aliphatic rings. The Kier molecular flexibility index (Phi) is 5.48. The van der Waals surface area contributed by atoms with Gasteiger partial charge in [0.2, 0.25) is 0 Å². The Balaban J connectivity index is 1.84. The van der Waals surface area contributed by atoms with Crippen molar-refractivity contribution in [1.29, 1.82) is 0 Å². The molecule has 0 bridgehead atoms. The minimum atomic E-state index is -4.04. The van der Waals surface area contributed by atoms with Gasteiger partial charge in [-0.1, -0.05) is 58.0 Å². The third-order valence-corrected chi connectivity index (χ3v) is 6.68. The Morgan fingerprint density at radius 3 is 2.32 bits per heavy atom. The van der Waals surface area contributed by atoms with Crippen molar-refractivity contribution >= 4 is 41.0 Å². The Bertz CT molecular complexity index is 898. The minimum absolute atomic E-state index is 0.116. The fourth-order valence-corrected chi connectivity index (χ4v) is 5.15. The van der Waals surface area contributed by atoms with Crippen molar-refractivity contribution in [2.75, 3.05) is 13.0 Å². The van der Waals surface area contributed by atoms with E-state index in [0.29, 0.717) is 27.1 Å². The van der Waals surface area contributed by atoms with Crippen LogP contribution < -0.4 is 0 Å². The van der Waals surface area contributed by atoms with Crippen LogP contribution in [0.15, 0.2) is 47.4 Å². The summed E-state index contributed by atoms with van der Waals surface area (Å²) < 4.78 is 20.3. The van der Waals surface area contributed by atoms with Crippen molar-refractivity contribution in [2.45, 2.75) is 4.90 Å². The maximum absolute atomic E-state index is 12.8. The second-order valence-corrected chi connectivity index (χ2v) is 8.83. The molecule has 9 heteroatoms. The molecule has 0 saturated carbocycles. The molecule has 0 aliphatic heterocycles. The van der Waals surface area contributed by atoms with Crippen LogP contribution >= 0.6 is 29.4 Å². The molecule has 0 spiro atoms. The van der Waals surface area contributed by atoms with Gasteiger partial charge in [0.05, 0.1) is 0 Å². The van der Waals surface area contributed by atoms with Gasteiger partial charge in [0.25, 0.3) is 0 Å². The molecule has 3 rings (SSSR count). The molecule has 6 nitrogen and oxygen atoms in total. The van der Waals surface area contributed by atoms with E-state index in [4.69, 9.17) is 4.52 Å². The minimum Gasteiger partial charge on any atom is -0.302 e. The second-order valence-electron chi connectivity index (χ2n) is 4.98. The van der Waals surface area contributed by atoms with E-state index in [1.54, 1.807) is 42.5 Å². The molecule has 1 unspecified atom stereocenters. The van der Waals surface area contributed by atoms with Gasteiger partial charge >= 0.3 is 7.82 Å². The van der Waals surface area contributed by atoms with Gasteiger partial charge in [-0.05, 0) is 6.07 Å². The predicted molar refractivity (Wildman–Crippen MR) is 96.0 cm³/mol. The third kappa shape index (κ3) is 3.74. The zero-order valence-electron chi connectivity index (χ0n) is 13.0. The first-order valence-electron chi connectivity index (χ1n) is 7.08. The monoisotopic (exact) mass is 396 g/mol. The van der Waals surface area contributed by atoms with Crippen LogP contribution in [-0.2, 0) is 13.6 Å². The summed E-state index contributed by atoms with van der Waals surface area (Å²) in [4.78, 5) is 35.2. The lowest BCUT2D eigenvalue weighted by Gasteiger charge is -2.19. The molecule has 0 aromatic heterocycles. The number of phosphoric acid groups is 1. The summed E-state index contributed by atoms with van der Waals surface area (Å²) in [6, 6.07) is 11.8. The van der Waals surface area contributed by atoms with Crippen molar-refractivity contribution < 1.29 is 28.1 Å². The molecule has 2 aromatic carbocycles. The molecular weight excluding hydrogens is 383 g/mol. The number of ketones is 2. The molecule has 0 heterocycles. The summed E-state index contributed by atoms with van der Waals surface area (Å²) in [6.45, 7) is 0. The van der Waals surface area contributed by atoms with Crippen molar-refractivity contribution in [3.63, 3.8) is 0 Å². The molecule has 1 N–H and O–H groups in total. The Morgan fingerprint density at radius 1 is 1.00 bits per heavy atom. The largest absolute Gasteiger partial charge is 0.472 e. The molecule has 25 heavy (non-hydrogen) atoms. The third-order valence-electron chi connectivity index (χ3n) is 3.56. The first-order valence-corrected chi connectivity index (χ1v) is 10.9. The fourth-order valence-electron chi connectivity index (χ4n) is 2.41. The normalized spacial score (nSPS) is 15.4. The van der Waals surface area contributed by atoms with Crippen molar-refractivity contribution in [1.82, 2.24) is 0 Å². The molecule has 0 fully saturated rings. The van der Waals surface area contributed by atoms with Gasteiger partial charge in [-0.2, -0.15) is 0 Å². The highest BCUT2D eigenvalue weighted by Gasteiger charge is 2.31. The topological polar surface area (TPSA) is 89.9 Å². The molecule has 0 amide bonds. The quantitative estimate of drug-likeness (QED) is 0.290. The molecule has 130 valence electrons. The zero-order chi connectivity index (χ0) is 18.0. The smallest absolute Gasteiger partial charge is 0.302 e. The van der Waals surface area contributed by atoms with E-state index in [1.807, 2.05) is 0 Å². The molecule has 2 aromatic rings. The van der Waals surface area contributed by atoms with Gasteiger partial charge in [-0.15, -0.1) is 0 Å². The summed E-state index contributed by atoms with van der Waals surface area (Å²) in [7, 11) is -0.639. The first-order chi connectivity index (χ1) is 11.9. The van der Waals surface area contributed by atoms with Gasteiger partial charge in [0.15, 0.2) is 11.6 Å². The number of carbonyl (C=O) groups excluding carboxylic acids is 2. The van der Waals surface area contributed by atoms with Crippen molar-refractivity contribution in [3.05, 3.63) is 64.7 Å². The Labute approximate surface area is 151 Å². The Morgan fingerprint density at radius 2 is 1.64 bits per heavy atom. The number of carbonyl (C=O) groups is 2. The first kappa shape index (κ1) is 18.4. The summed E-state index contributed by atoms with van der Waals surface area (Å²) in [5.41, 5.74) is 1.50. The molecular formula is C16H13O6PS2. The Hall–Kier alpha value is -1.41. The number of benzene rings is 2.